The summed E-state index contributed by atoms with van der Waals surface area (Å²) >= 11 is 0. The lowest BCUT2D eigenvalue weighted by Gasteiger charge is -2.26. The van der Waals surface area contributed by atoms with Crippen LogP contribution in [0, 0.1) is 12.7 Å². The van der Waals surface area contributed by atoms with Crippen LogP contribution in [0.3, 0.4) is 0 Å². The molecule has 0 saturated carbocycles. The molecule has 4 rings (SSSR count). The minimum atomic E-state index is -0.938. The molecule has 0 bridgehead atoms. The fraction of sp³-hybridized carbons (Fsp3) is 0.154. The molecule has 1 aliphatic rings. The van der Waals surface area contributed by atoms with E-state index >= 15 is 0 Å². The molecular weight excluding hydrogens is 425 g/mol. The first-order valence-electron chi connectivity index (χ1n) is 10.2. The Labute approximate surface area is 190 Å². The van der Waals surface area contributed by atoms with E-state index in [-0.39, 0.29) is 16.9 Å². The number of amides is 1. The van der Waals surface area contributed by atoms with Crippen molar-refractivity contribution in [2.75, 3.05) is 19.1 Å². The average molecular weight is 447 g/mol. The van der Waals surface area contributed by atoms with Gasteiger partial charge < -0.3 is 14.6 Å². The third kappa shape index (κ3) is 3.93. The molecule has 33 heavy (non-hydrogen) atoms. The van der Waals surface area contributed by atoms with E-state index in [2.05, 4.69) is 0 Å². The van der Waals surface area contributed by atoms with Crippen LogP contribution >= 0.6 is 0 Å². The number of ketones is 1. The zero-order chi connectivity index (χ0) is 23.7. The maximum Gasteiger partial charge on any atom is 0.300 e. The quantitative estimate of drug-likeness (QED) is 0.346. The van der Waals surface area contributed by atoms with E-state index in [1.54, 1.807) is 36.4 Å². The highest BCUT2D eigenvalue weighted by Gasteiger charge is 2.47. The molecule has 1 atom stereocenters. The number of hydrogen-bond acceptors (Lipinski definition) is 5. The van der Waals surface area contributed by atoms with E-state index in [1.165, 1.54) is 31.3 Å². The second kappa shape index (κ2) is 8.78. The van der Waals surface area contributed by atoms with Crippen molar-refractivity contribution in [3.63, 3.8) is 0 Å². The Bertz CT molecular complexity index is 1250. The van der Waals surface area contributed by atoms with E-state index in [1.807, 2.05) is 19.1 Å². The fourth-order valence-electron chi connectivity index (χ4n) is 3.92. The number of carbonyl (C=O) groups excluding carboxylic acids is 2. The lowest BCUT2D eigenvalue weighted by atomic mass is 9.94. The van der Waals surface area contributed by atoms with Crippen LogP contribution in [0.4, 0.5) is 10.1 Å². The summed E-state index contributed by atoms with van der Waals surface area (Å²) in [5.41, 5.74) is 1.88. The van der Waals surface area contributed by atoms with E-state index in [0.29, 0.717) is 17.0 Å². The third-order valence-corrected chi connectivity index (χ3v) is 5.60. The molecule has 3 aromatic carbocycles. The first kappa shape index (κ1) is 22.1. The van der Waals surface area contributed by atoms with Gasteiger partial charge in [-0.3, -0.25) is 14.5 Å². The number of aliphatic hydroxyl groups is 1. The molecule has 3 aromatic rings. The molecule has 1 unspecified atom stereocenters. The fourth-order valence-corrected chi connectivity index (χ4v) is 3.92. The summed E-state index contributed by atoms with van der Waals surface area (Å²) in [5, 5.41) is 11.2. The van der Waals surface area contributed by atoms with Gasteiger partial charge in [-0.1, -0.05) is 29.8 Å². The molecule has 6 nitrogen and oxygen atoms in total. The lowest BCUT2D eigenvalue weighted by molar-refractivity contribution is -0.132. The van der Waals surface area contributed by atoms with E-state index < -0.39 is 29.3 Å². The van der Waals surface area contributed by atoms with Crippen molar-refractivity contribution in [3.8, 4) is 11.5 Å². The third-order valence-electron chi connectivity index (χ3n) is 5.60. The molecule has 0 spiro atoms. The van der Waals surface area contributed by atoms with Crippen LogP contribution in [-0.2, 0) is 9.59 Å². The molecule has 168 valence electrons. The maximum atomic E-state index is 14.0. The summed E-state index contributed by atoms with van der Waals surface area (Å²) in [6.45, 7) is 1.91. The first-order valence-corrected chi connectivity index (χ1v) is 10.2. The summed E-state index contributed by atoms with van der Waals surface area (Å²) in [7, 11) is 2.90. The number of carbonyl (C=O) groups is 2. The predicted octanol–water partition coefficient (Wildman–Crippen LogP) is 4.78. The van der Waals surface area contributed by atoms with Crippen LogP contribution < -0.4 is 14.4 Å². The Kier molecular flexibility index (Phi) is 5.87. The molecule has 1 aliphatic heterocycles. The summed E-state index contributed by atoms with van der Waals surface area (Å²) in [5.74, 6) is -2.04. The van der Waals surface area contributed by atoms with E-state index in [9.17, 15) is 19.1 Å². The number of aliphatic hydroxyl groups excluding tert-OH is 1. The van der Waals surface area contributed by atoms with Gasteiger partial charge in [0.05, 0.1) is 31.4 Å². The molecule has 1 fully saturated rings. The highest BCUT2D eigenvalue weighted by Crippen LogP contribution is 2.43. The Balaban J connectivity index is 1.97. The van der Waals surface area contributed by atoms with Crippen LogP contribution in [-0.4, -0.2) is 31.0 Å². The standard InChI is InChI=1S/C26H22FNO5/c1-15-4-9-18(10-5-15)28-23(16-6-11-19(32-2)12-7-16)22(25(30)26(28)31)24(29)20-14-17(27)8-13-21(20)33-3/h4-14,23,29H,1-3H3/b24-22+. The largest absolute Gasteiger partial charge is 0.507 e. The number of aryl methyl sites for hydroxylation is 1. The maximum absolute atomic E-state index is 14.0. The number of hydrogen-bond donors (Lipinski definition) is 1. The van der Waals surface area contributed by atoms with Crippen molar-refractivity contribution in [2.45, 2.75) is 13.0 Å². The Morgan fingerprint density at radius 2 is 1.61 bits per heavy atom. The molecule has 1 N–H and O–H groups in total. The van der Waals surface area contributed by atoms with Crippen LogP contribution in [0.25, 0.3) is 5.76 Å². The van der Waals surface area contributed by atoms with Gasteiger partial charge in [0, 0.05) is 5.69 Å². The summed E-state index contributed by atoms with van der Waals surface area (Å²) in [6, 6.07) is 16.6. The van der Waals surface area contributed by atoms with Gasteiger partial charge in [0.2, 0.25) is 0 Å². The lowest BCUT2D eigenvalue weighted by Crippen LogP contribution is -2.29. The predicted molar refractivity (Wildman–Crippen MR) is 122 cm³/mol. The van der Waals surface area contributed by atoms with Gasteiger partial charge in [0.25, 0.3) is 11.7 Å². The van der Waals surface area contributed by atoms with Gasteiger partial charge in [0.15, 0.2) is 0 Å². The molecular formula is C26H22FNO5. The molecule has 1 amide bonds. The molecule has 0 aliphatic carbocycles. The Morgan fingerprint density at radius 3 is 2.21 bits per heavy atom. The first-order chi connectivity index (χ1) is 15.8. The summed E-state index contributed by atoms with van der Waals surface area (Å²) in [4.78, 5) is 27.7. The van der Waals surface area contributed by atoms with Crippen molar-refractivity contribution < 1.29 is 28.6 Å². The monoisotopic (exact) mass is 447 g/mol. The summed E-state index contributed by atoms with van der Waals surface area (Å²) < 4.78 is 24.5. The van der Waals surface area contributed by atoms with Gasteiger partial charge in [-0.25, -0.2) is 4.39 Å². The van der Waals surface area contributed by atoms with Crippen LogP contribution in [0.5, 0.6) is 11.5 Å². The Hall–Kier alpha value is -4.13. The smallest absolute Gasteiger partial charge is 0.300 e. The van der Waals surface area contributed by atoms with Crippen molar-refractivity contribution in [1.29, 1.82) is 0 Å². The number of methoxy groups -OCH3 is 2. The minimum absolute atomic E-state index is 0.0158. The minimum Gasteiger partial charge on any atom is -0.507 e. The SMILES string of the molecule is COc1ccc(C2/C(=C(\O)c3cc(F)ccc3OC)C(=O)C(=O)N2c2ccc(C)cc2)cc1. The molecule has 0 aromatic heterocycles. The molecule has 1 heterocycles. The van der Waals surface area contributed by atoms with Gasteiger partial charge in [0.1, 0.15) is 23.1 Å². The number of nitrogens with zero attached hydrogens (tertiary/aromatic N) is 1. The van der Waals surface area contributed by atoms with Gasteiger partial charge in [-0.2, -0.15) is 0 Å². The van der Waals surface area contributed by atoms with Crippen LogP contribution in [0.2, 0.25) is 0 Å². The zero-order valence-electron chi connectivity index (χ0n) is 18.3. The van der Waals surface area contributed by atoms with Crippen LogP contribution in [0.1, 0.15) is 22.7 Å². The topological polar surface area (TPSA) is 76.1 Å². The number of Topliss-reactive ketones (excluding diaryl/α,β-unsaturated/α-hetero) is 1. The number of anilines is 1. The second-order valence-corrected chi connectivity index (χ2v) is 7.62. The molecule has 1 saturated heterocycles. The normalized spacial score (nSPS) is 17.3. The highest BCUT2D eigenvalue weighted by atomic mass is 19.1. The van der Waals surface area contributed by atoms with Gasteiger partial charge >= 0.3 is 0 Å². The average Bonchev–Trinajstić information content (AvgIpc) is 3.09. The van der Waals surface area contributed by atoms with E-state index in [0.717, 1.165) is 11.6 Å². The number of rotatable bonds is 5. The van der Waals surface area contributed by atoms with Gasteiger partial charge in [-0.05, 0) is 55.0 Å². The van der Waals surface area contributed by atoms with E-state index in [4.69, 9.17) is 9.47 Å². The van der Waals surface area contributed by atoms with Crippen molar-refractivity contribution in [2.24, 2.45) is 0 Å². The van der Waals surface area contributed by atoms with Crippen LogP contribution in [0.15, 0.2) is 72.3 Å². The van der Waals surface area contributed by atoms with Crippen molar-refractivity contribution in [1.82, 2.24) is 0 Å². The number of benzene rings is 3. The summed E-state index contributed by atoms with van der Waals surface area (Å²) in [6.07, 6.45) is 0. The zero-order valence-corrected chi connectivity index (χ0v) is 18.3. The van der Waals surface area contributed by atoms with Crippen molar-refractivity contribution in [3.05, 3.63) is 94.8 Å². The highest BCUT2D eigenvalue weighted by molar-refractivity contribution is 6.51. The van der Waals surface area contributed by atoms with Crippen molar-refractivity contribution >= 4 is 23.1 Å². The number of ether oxygens (including phenoxy) is 2. The Morgan fingerprint density at radius 1 is 0.939 bits per heavy atom. The molecule has 0 radical (unpaired) electrons. The number of halogens is 1. The van der Waals surface area contributed by atoms with Gasteiger partial charge in [-0.15, -0.1) is 0 Å². The second-order valence-electron chi connectivity index (χ2n) is 7.62. The molecule has 7 heteroatoms.